The number of thiazole rings is 1. The summed E-state index contributed by atoms with van der Waals surface area (Å²) in [6.45, 7) is 4.73. The molecule has 0 bridgehead atoms. The molecule has 9 nitrogen and oxygen atoms in total. The summed E-state index contributed by atoms with van der Waals surface area (Å²) in [6.07, 6.45) is -2.33. The van der Waals surface area contributed by atoms with E-state index in [4.69, 9.17) is 19.2 Å². The molecule has 2 aromatic heterocycles. The van der Waals surface area contributed by atoms with E-state index in [1.54, 1.807) is 25.3 Å². The lowest BCUT2D eigenvalue weighted by Crippen LogP contribution is -2.36. The zero-order valence-electron chi connectivity index (χ0n) is 22.5. The number of ether oxygens (including phenoxy) is 3. The molecule has 0 spiro atoms. The molecule has 2 aromatic carbocycles. The van der Waals surface area contributed by atoms with E-state index in [0.29, 0.717) is 40.8 Å². The van der Waals surface area contributed by atoms with E-state index < -0.39 is 17.5 Å². The molecule has 41 heavy (non-hydrogen) atoms. The van der Waals surface area contributed by atoms with E-state index >= 15 is 0 Å². The zero-order valence-corrected chi connectivity index (χ0v) is 23.3. The number of piperidine rings is 1. The number of nitrogens with zero attached hydrogens (tertiary/aromatic N) is 3. The number of methoxy groups -OCH3 is 1. The molecule has 1 fully saturated rings. The van der Waals surface area contributed by atoms with Crippen molar-refractivity contribution in [3.63, 3.8) is 0 Å². The molecule has 0 radical (unpaired) electrons. The Balaban J connectivity index is 1.38. The zero-order chi connectivity index (χ0) is 29.0. The van der Waals surface area contributed by atoms with Crippen molar-refractivity contribution in [1.82, 2.24) is 20.0 Å². The lowest BCUT2D eigenvalue weighted by molar-refractivity contribution is -0.137. The first-order valence-corrected chi connectivity index (χ1v) is 13.9. The van der Waals surface area contributed by atoms with Crippen molar-refractivity contribution in [2.75, 3.05) is 26.8 Å². The minimum Gasteiger partial charge on any atom is -0.493 e. The fourth-order valence-electron chi connectivity index (χ4n) is 4.62. The van der Waals surface area contributed by atoms with Crippen LogP contribution >= 0.6 is 11.3 Å². The van der Waals surface area contributed by atoms with E-state index in [9.17, 15) is 18.0 Å². The summed E-state index contributed by atoms with van der Waals surface area (Å²) in [4.78, 5) is 21.9. The van der Waals surface area contributed by atoms with Gasteiger partial charge in [-0.15, -0.1) is 11.3 Å². The number of halogens is 3. The number of alkyl halides is 3. The van der Waals surface area contributed by atoms with Gasteiger partial charge in [0.05, 0.1) is 34.4 Å². The Bertz CT molecular complexity index is 1510. The molecular formula is C28H29F3N4O5S. The van der Waals surface area contributed by atoms with Crippen LogP contribution in [0.25, 0.3) is 22.0 Å². The maximum Gasteiger partial charge on any atom is 0.439 e. The van der Waals surface area contributed by atoms with Crippen LogP contribution in [-0.2, 0) is 24.1 Å². The second kappa shape index (κ2) is 12.5. The molecule has 0 atom stereocenters. The van der Waals surface area contributed by atoms with E-state index in [1.165, 1.54) is 23.5 Å². The summed E-state index contributed by atoms with van der Waals surface area (Å²) in [5.74, 6) is 0.564. The van der Waals surface area contributed by atoms with Crippen molar-refractivity contribution in [2.45, 2.75) is 45.2 Å². The molecule has 1 N–H and O–H groups in total. The third-order valence-electron chi connectivity index (χ3n) is 6.80. The number of aromatic nitrogens is 3. The molecule has 3 heterocycles. The van der Waals surface area contributed by atoms with Crippen LogP contribution in [0.1, 0.15) is 35.9 Å². The van der Waals surface area contributed by atoms with Crippen LogP contribution in [0.15, 0.2) is 51.8 Å². The molecule has 5 rings (SSSR count). The van der Waals surface area contributed by atoms with Crippen LogP contribution in [0, 0.1) is 0 Å². The largest absolute Gasteiger partial charge is 0.493 e. The number of hydrogen-bond acceptors (Lipinski definition) is 9. The predicted molar refractivity (Wildman–Crippen MR) is 146 cm³/mol. The van der Waals surface area contributed by atoms with Gasteiger partial charge in [0.25, 0.3) is 0 Å². The van der Waals surface area contributed by atoms with Crippen molar-refractivity contribution in [3.8, 4) is 33.5 Å². The molecule has 0 amide bonds. The van der Waals surface area contributed by atoms with Gasteiger partial charge < -0.3 is 14.2 Å². The molecule has 1 aliphatic heterocycles. The van der Waals surface area contributed by atoms with E-state index in [1.807, 2.05) is 6.92 Å². The minimum atomic E-state index is -4.40. The third kappa shape index (κ3) is 6.97. The molecule has 0 aliphatic carbocycles. The first-order chi connectivity index (χ1) is 19.7. The quantitative estimate of drug-likeness (QED) is 0.249. The number of aromatic amines is 1. The average Bonchev–Trinajstić information content (AvgIpc) is 3.58. The fourth-order valence-corrected chi connectivity index (χ4v) is 5.61. The van der Waals surface area contributed by atoms with Gasteiger partial charge >= 0.3 is 11.9 Å². The normalized spacial score (nSPS) is 14.9. The highest BCUT2D eigenvalue weighted by atomic mass is 32.1. The number of hydrogen-bond donors (Lipinski definition) is 1. The van der Waals surface area contributed by atoms with Gasteiger partial charge in [0, 0.05) is 38.4 Å². The highest BCUT2D eigenvalue weighted by Gasteiger charge is 2.30. The monoisotopic (exact) mass is 590 g/mol. The van der Waals surface area contributed by atoms with Gasteiger partial charge in [-0.25, -0.2) is 9.78 Å². The maximum absolute atomic E-state index is 13.1. The van der Waals surface area contributed by atoms with Crippen molar-refractivity contribution < 1.29 is 31.9 Å². The van der Waals surface area contributed by atoms with Gasteiger partial charge in [0.15, 0.2) is 5.82 Å². The van der Waals surface area contributed by atoms with Gasteiger partial charge in [-0.1, -0.05) is 17.3 Å². The standard InChI is InChI=1S/C28H29F3N4O5S/c1-3-38-23-14-20(8-9-21(23)25-33-27(36)40-34-25)39-16-24-22(15-35-12-10-19(37-2)11-13-35)32-26(41-24)17-4-6-18(7-5-17)28(29,30)31/h4-9,14,19H,3,10-13,15-16H2,1-2H3,(H,33,34,36). The third-order valence-corrected chi connectivity index (χ3v) is 7.92. The Morgan fingerprint density at radius 2 is 1.88 bits per heavy atom. The lowest BCUT2D eigenvalue weighted by atomic mass is 10.1. The van der Waals surface area contributed by atoms with Gasteiger partial charge in [-0.2, -0.15) is 13.2 Å². The summed E-state index contributed by atoms with van der Waals surface area (Å²) in [5.41, 5.74) is 1.28. The maximum atomic E-state index is 13.1. The summed E-state index contributed by atoms with van der Waals surface area (Å²) in [6, 6.07) is 10.2. The Hall–Kier alpha value is -3.68. The minimum absolute atomic E-state index is 0.202. The molecular weight excluding hydrogens is 561 g/mol. The number of H-pyrrole nitrogens is 1. The Morgan fingerprint density at radius 1 is 1.12 bits per heavy atom. The first-order valence-electron chi connectivity index (χ1n) is 13.1. The van der Waals surface area contributed by atoms with Crippen molar-refractivity contribution in [1.29, 1.82) is 0 Å². The molecule has 0 unspecified atom stereocenters. The van der Waals surface area contributed by atoms with Crippen LogP contribution in [0.4, 0.5) is 13.2 Å². The summed E-state index contributed by atoms with van der Waals surface area (Å²) < 4.78 is 61.2. The smallest absolute Gasteiger partial charge is 0.439 e. The first kappa shape index (κ1) is 28.8. The Labute approximate surface area is 237 Å². The number of benzene rings is 2. The predicted octanol–water partition coefficient (Wildman–Crippen LogP) is 5.76. The second-order valence-electron chi connectivity index (χ2n) is 9.50. The highest BCUT2D eigenvalue weighted by molar-refractivity contribution is 7.15. The fraction of sp³-hybridized carbons (Fsp3) is 0.393. The van der Waals surface area contributed by atoms with Gasteiger partial charge in [0.2, 0.25) is 0 Å². The molecule has 4 aromatic rings. The topological polar surface area (TPSA) is 103 Å². The average molecular weight is 591 g/mol. The van der Waals surface area contributed by atoms with Crippen LogP contribution in [0.2, 0.25) is 0 Å². The van der Waals surface area contributed by atoms with Crippen LogP contribution < -0.4 is 15.2 Å². The van der Waals surface area contributed by atoms with Crippen LogP contribution in [0.3, 0.4) is 0 Å². The number of nitrogens with one attached hydrogen (secondary N) is 1. The van der Waals surface area contributed by atoms with Crippen molar-refractivity contribution >= 4 is 11.3 Å². The van der Waals surface area contributed by atoms with Crippen molar-refractivity contribution in [2.24, 2.45) is 0 Å². The molecule has 13 heteroatoms. The highest BCUT2D eigenvalue weighted by Crippen LogP contribution is 2.35. The van der Waals surface area contributed by atoms with E-state index in [2.05, 4.69) is 19.6 Å². The molecule has 1 saturated heterocycles. The molecule has 0 saturated carbocycles. The van der Waals surface area contributed by atoms with E-state index in [-0.39, 0.29) is 18.5 Å². The number of rotatable bonds is 10. The lowest BCUT2D eigenvalue weighted by Gasteiger charge is -2.30. The van der Waals surface area contributed by atoms with Gasteiger partial charge in [0.1, 0.15) is 23.1 Å². The van der Waals surface area contributed by atoms with Gasteiger partial charge in [-0.3, -0.25) is 14.4 Å². The Morgan fingerprint density at radius 3 is 2.51 bits per heavy atom. The van der Waals surface area contributed by atoms with E-state index in [0.717, 1.165) is 48.6 Å². The van der Waals surface area contributed by atoms with Crippen molar-refractivity contribution in [3.05, 3.63) is 69.1 Å². The summed E-state index contributed by atoms with van der Waals surface area (Å²) in [7, 11) is 1.72. The SMILES string of the molecule is CCOc1cc(OCc2sc(-c3ccc(C(F)(F)F)cc3)nc2CN2CCC(OC)CC2)ccc1-c1noc(=O)[nH]1. The van der Waals surface area contributed by atoms with Gasteiger partial charge in [-0.05, 0) is 44.0 Å². The summed E-state index contributed by atoms with van der Waals surface area (Å²) in [5, 5.41) is 4.36. The molecule has 218 valence electrons. The summed E-state index contributed by atoms with van der Waals surface area (Å²) >= 11 is 1.39. The second-order valence-corrected chi connectivity index (χ2v) is 10.6. The number of likely N-dealkylation sites (tertiary alicyclic amines) is 1. The Kier molecular flexibility index (Phi) is 8.76. The van der Waals surface area contributed by atoms with Crippen LogP contribution in [-0.4, -0.2) is 52.9 Å². The van der Waals surface area contributed by atoms with Crippen LogP contribution in [0.5, 0.6) is 11.5 Å². The molecule has 1 aliphatic rings.